The Morgan fingerprint density at radius 2 is 1.06 bits per heavy atom. The first-order valence-corrected chi connectivity index (χ1v) is 20.5. The van der Waals surface area contributed by atoms with E-state index >= 15 is 0 Å². The minimum atomic E-state index is -2.39. The van der Waals surface area contributed by atoms with E-state index in [1.165, 1.54) is 68.2 Å². The van der Waals surface area contributed by atoms with E-state index in [4.69, 9.17) is 0 Å². The molecule has 3 aromatic rings. The Bertz CT molecular complexity index is 813. The number of benzene rings is 2. The number of thiophene rings is 1. The molecule has 3 heteroatoms. The van der Waals surface area contributed by atoms with Crippen molar-refractivity contribution in [2.45, 2.75) is 72.6 Å². The molecule has 0 aliphatic carbocycles. The molecule has 166 valence electrons. The van der Waals surface area contributed by atoms with Crippen molar-refractivity contribution < 1.29 is 0 Å². The zero-order valence-electron chi connectivity index (χ0n) is 19.6. The Morgan fingerprint density at radius 3 is 1.48 bits per heavy atom. The second-order valence-corrected chi connectivity index (χ2v) is 24.0. The van der Waals surface area contributed by atoms with Crippen LogP contribution < -0.4 is 7.79 Å². The van der Waals surface area contributed by atoms with Gasteiger partial charge in [-0.2, -0.15) is 0 Å². The van der Waals surface area contributed by atoms with Crippen molar-refractivity contribution >= 4 is 49.0 Å². The second-order valence-electron chi connectivity index (χ2n) is 8.74. The molecule has 0 saturated heterocycles. The fourth-order valence-electron chi connectivity index (χ4n) is 4.58. The van der Waals surface area contributed by atoms with E-state index in [0.717, 1.165) is 0 Å². The molecule has 3 rings (SSSR count). The molecule has 1 nitrogen and oxygen atoms in total. The summed E-state index contributed by atoms with van der Waals surface area (Å²) >= 11 is -0.287. The third kappa shape index (κ3) is 6.38. The van der Waals surface area contributed by atoms with Crippen LogP contribution in [-0.4, -0.2) is 18.4 Å². The van der Waals surface area contributed by atoms with Crippen LogP contribution in [0.2, 0.25) is 13.3 Å². The van der Waals surface area contributed by atoms with Crippen molar-refractivity contribution in [2.75, 3.05) is 4.90 Å². The van der Waals surface area contributed by atoms with Gasteiger partial charge in [0.2, 0.25) is 0 Å². The van der Waals surface area contributed by atoms with Crippen LogP contribution in [0, 0.1) is 0 Å². The topological polar surface area (TPSA) is 3.24 Å². The Labute approximate surface area is 198 Å². The molecule has 2 aromatic carbocycles. The molecule has 1 aromatic heterocycles. The molecular formula is C28H39NSSn. The fourth-order valence-corrected chi connectivity index (χ4v) is 24.7. The Hall–Kier alpha value is -1.26. The van der Waals surface area contributed by atoms with Crippen molar-refractivity contribution in [3.05, 3.63) is 72.8 Å². The monoisotopic (exact) mass is 541 g/mol. The van der Waals surface area contributed by atoms with Gasteiger partial charge < -0.3 is 0 Å². The van der Waals surface area contributed by atoms with Gasteiger partial charge in [-0.1, -0.05) is 0 Å². The predicted molar refractivity (Wildman–Crippen MR) is 144 cm³/mol. The molecule has 0 unspecified atom stereocenters. The Morgan fingerprint density at radius 1 is 0.613 bits per heavy atom. The van der Waals surface area contributed by atoms with E-state index in [1.54, 1.807) is 2.89 Å². The van der Waals surface area contributed by atoms with Crippen LogP contribution in [0.1, 0.15) is 59.3 Å². The predicted octanol–water partition coefficient (Wildman–Crippen LogP) is 9.27. The number of rotatable bonds is 13. The summed E-state index contributed by atoms with van der Waals surface area (Å²) in [6.45, 7) is 7.09. The molecule has 1 heterocycles. The summed E-state index contributed by atoms with van der Waals surface area (Å²) < 4.78 is 6.39. The van der Waals surface area contributed by atoms with Crippen LogP contribution in [0.4, 0.5) is 16.4 Å². The van der Waals surface area contributed by atoms with Gasteiger partial charge in [0, 0.05) is 0 Å². The first-order valence-electron chi connectivity index (χ1n) is 12.2. The quantitative estimate of drug-likeness (QED) is 0.195. The first kappa shape index (κ1) is 24.4. The van der Waals surface area contributed by atoms with Crippen LogP contribution in [0.5, 0.6) is 0 Å². The van der Waals surface area contributed by atoms with Crippen LogP contribution >= 0.6 is 11.3 Å². The molecular weight excluding hydrogens is 501 g/mol. The van der Waals surface area contributed by atoms with Gasteiger partial charge in [-0.05, 0) is 0 Å². The average molecular weight is 540 g/mol. The van der Waals surface area contributed by atoms with Gasteiger partial charge in [0.05, 0.1) is 0 Å². The Balaban J connectivity index is 2.02. The normalized spacial score (nSPS) is 11.6. The fraction of sp³-hybridized carbons (Fsp3) is 0.429. The van der Waals surface area contributed by atoms with Crippen LogP contribution in [0.25, 0.3) is 0 Å². The maximum absolute atomic E-state index is 2.54. The van der Waals surface area contributed by atoms with Crippen LogP contribution in [-0.2, 0) is 0 Å². The van der Waals surface area contributed by atoms with Gasteiger partial charge in [0.25, 0.3) is 0 Å². The van der Waals surface area contributed by atoms with E-state index in [-0.39, 0.29) is 0 Å². The minimum absolute atomic E-state index is 1.25. The first-order chi connectivity index (χ1) is 15.2. The molecule has 0 bridgehead atoms. The third-order valence-corrected chi connectivity index (χ3v) is 25.7. The third-order valence-electron chi connectivity index (χ3n) is 6.39. The summed E-state index contributed by atoms with van der Waals surface area (Å²) in [6, 6.07) is 26.7. The summed E-state index contributed by atoms with van der Waals surface area (Å²) in [6.07, 6.45) is 8.23. The number of hydrogen-bond donors (Lipinski definition) is 0. The second kappa shape index (κ2) is 12.7. The summed E-state index contributed by atoms with van der Waals surface area (Å²) in [5, 5.41) is 1.37. The number of anilines is 3. The SMILES string of the molecule is CCC[CH2][Sn]([CH2]CCC)([CH2]CCC)[c]1ccc(N(c2ccccc2)c2ccccc2)s1. The molecule has 0 spiro atoms. The molecule has 0 fully saturated rings. The van der Waals surface area contributed by atoms with Crippen molar-refractivity contribution in [1.82, 2.24) is 0 Å². The molecule has 0 aliphatic heterocycles. The molecule has 0 N–H and O–H groups in total. The van der Waals surface area contributed by atoms with E-state index in [0.29, 0.717) is 0 Å². The van der Waals surface area contributed by atoms with E-state index < -0.39 is 18.4 Å². The van der Waals surface area contributed by atoms with Gasteiger partial charge in [0.1, 0.15) is 0 Å². The molecule has 0 aliphatic rings. The Kier molecular flexibility index (Phi) is 9.98. The number of hydrogen-bond acceptors (Lipinski definition) is 2. The molecule has 0 radical (unpaired) electrons. The maximum atomic E-state index is 2.54. The van der Waals surface area contributed by atoms with Crippen molar-refractivity contribution in [1.29, 1.82) is 0 Å². The van der Waals surface area contributed by atoms with Crippen molar-refractivity contribution in [3.63, 3.8) is 0 Å². The number of nitrogens with zero attached hydrogens (tertiary/aromatic N) is 1. The summed E-state index contributed by atoms with van der Waals surface area (Å²) in [5.74, 6) is 0. The van der Waals surface area contributed by atoms with Crippen molar-refractivity contribution in [3.8, 4) is 0 Å². The summed E-state index contributed by atoms with van der Waals surface area (Å²) in [4.78, 5) is 2.45. The van der Waals surface area contributed by atoms with Crippen LogP contribution in [0.3, 0.4) is 0 Å². The molecule has 0 amide bonds. The molecule has 0 saturated carbocycles. The van der Waals surface area contributed by atoms with E-state index in [2.05, 4.69) is 110 Å². The standard InChI is InChI=1S/C16H12NS.3C4H9.Sn/c1-3-8-14(9-4-1)17(16-12-7-13-18-16)15-10-5-2-6-11-15;3*1-3-4-2;/h1-12H;3*1,3-4H2,2H3;. The van der Waals surface area contributed by atoms with Gasteiger partial charge in [-0.3, -0.25) is 0 Å². The van der Waals surface area contributed by atoms with E-state index in [9.17, 15) is 0 Å². The molecule has 0 atom stereocenters. The summed E-state index contributed by atoms with van der Waals surface area (Å²) in [7, 11) is 0. The van der Waals surface area contributed by atoms with Gasteiger partial charge >= 0.3 is 199 Å². The van der Waals surface area contributed by atoms with Crippen molar-refractivity contribution in [2.24, 2.45) is 0 Å². The zero-order chi connectivity index (χ0) is 21.9. The van der Waals surface area contributed by atoms with Gasteiger partial charge in [-0.25, -0.2) is 0 Å². The average Bonchev–Trinajstić information content (AvgIpc) is 3.31. The van der Waals surface area contributed by atoms with Crippen LogP contribution in [0.15, 0.2) is 72.8 Å². The van der Waals surface area contributed by atoms with Gasteiger partial charge in [0.15, 0.2) is 0 Å². The number of unbranched alkanes of at least 4 members (excludes halogenated alkanes) is 3. The van der Waals surface area contributed by atoms with E-state index in [1.807, 2.05) is 0 Å². The number of para-hydroxylation sites is 2. The van der Waals surface area contributed by atoms with Gasteiger partial charge in [-0.15, -0.1) is 0 Å². The zero-order valence-corrected chi connectivity index (χ0v) is 23.3. The molecule has 31 heavy (non-hydrogen) atoms. The summed E-state index contributed by atoms with van der Waals surface area (Å²) in [5.41, 5.74) is 2.50.